The molecule has 0 atom stereocenters. The standard InChI is InChI=1S/C39H44N4O3/c44-38(34-14-12-33(13-15-34)32-10-5-2-6-11-32)41-35-16-17-37(43-22-18-31(19-23-43)28-30-8-3-1-4-9-30)36(29-35)39(45)40-20-7-21-42-24-26-46-27-25-42/h1-6,8-17,29,31H,7,18-28H2,(H,40,45)(H,41,44). The monoisotopic (exact) mass is 616 g/mol. The first-order chi connectivity index (χ1) is 22.6. The molecule has 2 fully saturated rings. The minimum Gasteiger partial charge on any atom is -0.379 e. The van der Waals surface area contributed by atoms with E-state index in [1.165, 1.54) is 5.56 Å². The lowest BCUT2D eigenvalue weighted by atomic mass is 9.89. The smallest absolute Gasteiger partial charge is 0.255 e. The average molecular weight is 617 g/mol. The van der Waals surface area contributed by atoms with Crippen molar-refractivity contribution in [2.45, 2.75) is 25.7 Å². The van der Waals surface area contributed by atoms with E-state index in [-0.39, 0.29) is 11.8 Å². The highest BCUT2D eigenvalue weighted by atomic mass is 16.5. The Morgan fingerprint density at radius 3 is 2.13 bits per heavy atom. The first-order valence-corrected chi connectivity index (χ1v) is 16.6. The lowest BCUT2D eigenvalue weighted by molar-refractivity contribution is 0.0374. The van der Waals surface area contributed by atoms with Crippen molar-refractivity contribution >= 4 is 23.2 Å². The number of amides is 2. The highest BCUT2D eigenvalue weighted by molar-refractivity contribution is 6.06. The third-order valence-corrected chi connectivity index (χ3v) is 9.12. The zero-order valence-electron chi connectivity index (χ0n) is 26.5. The second kappa shape index (κ2) is 15.7. The van der Waals surface area contributed by atoms with Crippen molar-refractivity contribution in [3.63, 3.8) is 0 Å². The quantitative estimate of drug-likeness (QED) is 0.188. The summed E-state index contributed by atoms with van der Waals surface area (Å²) in [5.41, 5.74) is 6.25. The van der Waals surface area contributed by atoms with Crippen LogP contribution < -0.4 is 15.5 Å². The van der Waals surface area contributed by atoms with E-state index in [4.69, 9.17) is 4.74 Å². The summed E-state index contributed by atoms with van der Waals surface area (Å²) in [7, 11) is 0. The van der Waals surface area contributed by atoms with Gasteiger partial charge in [-0.1, -0.05) is 72.8 Å². The fourth-order valence-corrected chi connectivity index (χ4v) is 6.47. The molecular formula is C39H44N4O3. The average Bonchev–Trinajstić information content (AvgIpc) is 3.12. The molecule has 2 aliphatic heterocycles. The minimum atomic E-state index is -0.203. The van der Waals surface area contributed by atoms with E-state index in [9.17, 15) is 9.59 Å². The molecule has 2 amide bonds. The Morgan fingerprint density at radius 2 is 1.41 bits per heavy atom. The van der Waals surface area contributed by atoms with Crippen molar-refractivity contribution in [3.05, 3.63) is 120 Å². The van der Waals surface area contributed by atoms with E-state index in [1.807, 2.05) is 60.7 Å². The number of hydrogen-bond acceptors (Lipinski definition) is 5. The van der Waals surface area contributed by atoms with Gasteiger partial charge in [-0.2, -0.15) is 0 Å². The predicted octanol–water partition coefficient (Wildman–Crippen LogP) is 6.52. The van der Waals surface area contributed by atoms with Crippen LogP contribution in [0.2, 0.25) is 0 Å². The van der Waals surface area contributed by atoms with Gasteiger partial charge >= 0.3 is 0 Å². The molecule has 0 bridgehead atoms. The van der Waals surface area contributed by atoms with Crippen LogP contribution in [0.1, 0.15) is 45.5 Å². The number of carbonyl (C=O) groups excluding carboxylic acids is 2. The van der Waals surface area contributed by atoms with Gasteiger partial charge in [0.25, 0.3) is 11.8 Å². The molecule has 238 valence electrons. The Bertz CT molecular complexity index is 1560. The van der Waals surface area contributed by atoms with Gasteiger partial charge in [0.05, 0.1) is 18.8 Å². The highest BCUT2D eigenvalue weighted by Gasteiger charge is 2.24. The molecule has 2 heterocycles. The predicted molar refractivity (Wildman–Crippen MR) is 186 cm³/mol. The van der Waals surface area contributed by atoms with Gasteiger partial charge in [0, 0.05) is 49.7 Å². The molecule has 46 heavy (non-hydrogen) atoms. The van der Waals surface area contributed by atoms with E-state index in [0.29, 0.717) is 29.3 Å². The first kappa shape index (κ1) is 31.5. The number of ether oxygens (including phenoxy) is 1. The molecular weight excluding hydrogens is 572 g/mol. The van der Waals surface area contributed by atoms with Crippen LogP contribution in [0.3, 0.4) is 0 Å². The van der Waals surface area contributed by atoms with Gasteiger partial charge in [0.2, 0.25) is 0 Å². The molecule has 0 aliphatic carbocycles. The molecule has 2 N–H and O–H groups in total. The maximum absolute atomic E-state index is 13.7. The molecule has 0 radical (unpaired) electrons. The van der Waals surface area contributed by atoms with Crippen LogP contribution in [0, 0.1) is 5.92 Å². The van der Waals surface area contributed by atoms with E-state index < -0.39 is 0 Å². The summed E-state index contributed by atoms with van der Waals surface area (Å²) in [5.74, 6) is 0.320. The van der Waals surface area contributed by atoms with Gasteiger partial charge in [-0.15, -0.1) is 0 Å². The third kappa shape index (κ3) is 8.42. The fourth-order valence-electron chi connectivity index (χ4n) is 6.47. The van der Waals surface area contributed by atoms with Crippen molar-refractivity contribution in [2.75, 3.05) is 62.7 Å². The lowest BCUT2D eigenvalue weighted by Crippen LogP contribution is -2.38. The Kier molecular flexibility index (Phi) is 10.8. The molecule has 6 rings (SSSR count). The van der Waals surface area contributed by atoms with Crippen LogP contribution in [0.15, 0.2) is 103 Å². The second-order valence-corrected chi connectivity index (χ2v) is 12.3. The number of nitrogens with one attached hydrogen (secondary N) is 2. The molecule has 0 saturated carbocycles. The fraction of sp³-hybridized carbons (Fsp3) is 0.333. The number of rotatable bonds is 11. The van der Waals surface area contributed by atoms with Crippen LogP contribution in [0.25, 0.3) is 11.1 Å². The van der Waals surface area contributed by atoms with Crippen LogP contribution in [-0.4, -0.2) is 69.2 Å². The van der Waals surface area contributed by atoms with Crippen LogP contribution in [0.5, 0.6) is 0 Å². The lowest BCUT2D eigenvalue weighted by Gasteiger charge is -2.35. The maximum Gasteiger partial charge on any atom is 0.255 e. The van der Waals surface area contributed by atoms with Crippen molar-refractivity contribution in [1.29, 1.82) is 0 Å². The number of anilines is 2. The first-order valence-electron chi connectivity index (χ1n) is 16.6. The summed E-state index contributed by atoms with van der Waals surface area (Å²) in [6, 6.07) is 34.1. The van der Waals surface area contributed by atoms with E-state index in [0.717, 1.165) is 88.4 Å². The summed E-state index contributed by atoms with van der Waals surface area (Å²) in [6.07, 6.45) is 4.11. The van der Waals surface area contributed by atoms with Crippen molar-refractivity contribution < 1.29 is 14.3 Å². The second-order valence-electron chi connectivity index (χ2n) is 12.3. The van der Waals surface area contributed by atoms with Gasteiger partial charge in [-0.25, -0.2) is 0 Å². The summed E-state index contributed by atoms with van der Waals surface area (Å²) < 4.78 is 5.45. The van der Waals surface area contributed by atoms with Crippen LogP contribution >= 0.6 is 0 Å². The van der Waals surface area contributed by atoms with E-state index in [2.05, 4.69) is 62.9 Å². The normalized spacial score (nSPS) is 15.8. The third-order valence-electron chi connectivity index (χ3n) is 9.12. The number of carbonyl (C=O) groups is 2. The zero-order valence-corrected chi connectivity index (χ0v) is 26.5. The Hall–Kier alpha value is -4.46. The SMILES string of the molecule is O=C(Nc1ccc(N2CCC(Cc3ccccc3)CC2)c(C(=O)NCCCN2CCOCC2)c1)c1ccc(-c2ccccc2)cc1. The summed E-state index contributed by atoms with van der Waals surface area (Å²) in [6.45, 7) is 6.75. The van der Waals surface area contributed by atoms with Crippen molar-refractivity contribution in [2.24, 2.45) is 5.92 Å². The van der Waals surface area contributed by atoms with E-state index >= 15 is 0 Å². The topological polar surface area (TPSA) is 73.9 Å². The van der Waals surface area contributed by atoms with Gasteiger partial charge in [0.1, 0.15) is 0 Å². The molecule has 4 aromatic carbocycles. The molecule has 4 aromatic rings. The molecule has 0 unspecified atom stereocenters. The minimum absolute atomic E-state index is 0.105. The Morgan fingerprint density at radius 1 is 0.739 bits per heavy atom. The van der Waals surface area contributed by atoms with Crippen LogP contribution in [0.4, 0.5) is 11.4 Å². The summed E-state index contributed by atoms with van der Waals surface area (Å²) >= 11 is 0. The van der Waals surface area contributed by atoms with Gasteiger partial charge in [-0.3, -0.25) is 14.5 Å². The molecule has 2 saturated heterocycles. The van der Waals surface area contributed by atoms with Crippen molar-refractivity contribution in [1.82, 2.24) is 10.2 Å². The Balaban J connectivity index is 1.13. The van der Waals surface area contributed by atoms with Crippen LogP contribution in [-0.2, 0) is 11.2 Å². The molecule has 0 aromatic heterocycles. The summed E-state index contributed by atoms with van der Waals surface area (Å²) in [5, 5.41) is 6.19. The van der Waals surface area contributed by atoms with Crippen molar-refractivity contribution in [3.8, 4) is 11.1 Å². The van der Waals surface area contributed by atoms with E-state index in [1.54, 1.807) is 0 Å². The van der Waals surface area contributed by atoms with Gasteiger partial charge in [0.15, 0.2) is 0 Å². The van der Waals surface area contributed by atoms with Gasteiger partial charge in [-0.05, 0) is 85.2 Å². The zero-order chi connectivity index (χ0) is 31.6. The molecule has 7 nitrogen and oxygen atoms in total. The highest BCUT2D eigenvalue weighted by Crippen LogP contribution is 2.30. The van der Waals surface area contributed by atoms with Gasteiger partial charge < -0.3 is 20.3 Å². The number of piperidine rings is 1. The molecule has 7 heteroatoms. The number of hydrogen-bond donors (Lipinski definition) is 2. The Labute approximate surface area is 272 Å². The summed E-state index contributed by atoms with van der Waals surface area (Å²) in [4.78, 5) is 31.6. The maximum atomic E-state index is 13.7. The number of benzene rings is 4. The molecule has 0 spiro atoms. The number of nitrogens with zero attached hydrogens (tertiary/aromatic N) is 2. The largest absolute Gasteiger partial charge is 0.379 e. The molecule has 2 aliphatic rings. The number of morpholine rings is 1.